The van der Waals surface area contributed by atoms with E-state index >= 15 is 0 Å². The molecule has 1 atom stereocenters. The first-order valence-corrected chi connectivity index (χ1v) is 9.50. The molecule has 9 nitrogen and oxygen atoms in total. The summed E-state index contributed by atoms with van der Waals surface area (Å²) in [7, 11) is 1.37. The summed E-state index contributed by atoms with van der Waals surface area (Å²) in [5.41, 5.74) is 0. The van der Waals surface area contributed by atoms with Crippen LogP contribution < -0.4 is 0 Å². The first kappa shape index (κ1) is 23.6. The number of ether oxygens (including phenoxy) is 1. The fourth-order valence-corrected chi connectivity index (χ4v) is 3.12. The molecule has 0 saturated carbocycles. The fraction of sp³-hybridized carbons (Fsp3) is 0.833. The van der Waals surface area contributed by atoms with Gasteiger partial charge in [0.2, 0.25) is 0 Å². The highest BCUT2D eigenvalue weighted by atomic mass is 16.5. The topological polar surface area (TPSA) is 93.6 Å². The second kappa shape index (κ2) is 13.7. The van der Waals surface area contributed by atoms with Crippen molar-refractivity contribution in [3.63, 3.8) is 0 Å². The number of β-amino-alcohol motifs (C(OH)–C–C–N with tert-alkyl or cyclic N) is 1. The van der Waals surface area contributed by atoms with Crippen molar-refractivity contribution < 1.29 is 24.2 Å². The summed E-state index contributed by atoms with van der Waals surface area (Å²) in [4.78, 5) is 41.9. The maximum absolute atomic E-state index is 11.7. The Kier molecular flexibility index (Phi) is 12.0. The van der Waals surface area contributed by atoms with Crippen molar-refractivity contribution in [2.45, 2.75) is 13.0 Å². The highest BCUT2D eigenvalue weighted by Gasteiger charge is 2.18. The molecule has 0 aromatic rings. The lowest BCUT2D eigenvalue weighted by Gasteiger charge is -2.33. The molecule has 0 bridgehead atoms. The number of esters is 1. The van der Waals surface area contributed by atoms with Gasteiger partial charge in [-0.25, -0.2) is 0 Å². The molecule has 1 aliphatic heterocycles. The van der Waals surface area contributed by atoms with Gasteiger partial charge in [-0.3, -0.25) is 24.4 Å². The van der Waals surface area contributed by atoms with E-state index < -0.39 is 6.10 Å². The van der Waals surface area contributed by atoms with Gasteiger partial charge in [0, 0.05) is 58.9 Å². The van der Waals surface area contributed by atoms with Crippen LogP contribution in [0, 0.1) is 0 Å². The molecule has 1 fully saturated rings. The smallest absolute Gasteiger partial charge is 0.319 e. The van der Waals surface area contributed by atoms with Gasteiger partial charge in [-0.15, -0.1) is 0 Å². The second-order valence-corrected chi connectivity index (χ2v) is 6.94. The minimum atomic E-state index is -0.449. The number of rotatable bonds is 8. The van der Waals surface area contributed by atoms with Gasteiger partial charge in [0.1, 0.15) is 12.6 Å². The molecule has 0 aromatic heterocycles. The number of aliphatic hydroxyl groups excluding tert-OH is 1. The lowest BCUT2D eigenvalue weighted by Crippen LogP contribution is -2.48. The molecule has 0 aliphatic carbocycles. The molecule has 0 spiro atoms. The molecule has 0 aromatic carbocycles. The Balaban J connectivity index is 2.83. The molecule has 1 N–H and O–H groups in total. The number of carbonyl (C=O) groups is 3. The van der Waals surface area contributed by atoms with Crippen LogP contribution in [-0.4, -0.2) is 135 Å². The van der Waals surface area contributed by atoms with Crippen LogP contribution in [0.2, 0.25) is 0 Å². The molecular formula is C18H34N4O5. The molecule has 27 heavy (non-hydrogen) atoms. The normalized spacial score (nSPS) is 21.0. The highest BCUT2D eigenvalue weighted by Crippen LogP contribution is 2.01. The van der Waals surface area contributed by atoms with E-state index in [9.17, 15) is 19.5 Å². The summed E-state index contributed by atoms with van der Waals surface area (Å²) in [5.74, 6) is -0.289. The molecular weight excluding hydrogens is 352 g/mol. The summed E-state index contributed by atoms with van der Waals surface area (Å²) < 4.78 is 4.79. The summed E-state index contributed by atoms with van der Waals surface area (Å²) in [6, 6.07) is 0. The third kappa shape index (κ3) is 10.5. The Bertz CT molecular complexity index is 449. The van der Waals surface area contributed by atoms with Crippen molar-refractivity contribution in [3.8, 4) is 0 Å². The van der Waals surface area contributed by atoms with Crippen LogP contribution in [0.5, 0.6) is 0 Å². The largest absolute Gasteiger partial charge is 0.468 e. The van der Waals surface area contributed by atoms with Gasteiger partial charge in [-0.1, -0.05) is 0 Å². The minimum Gasteiger partial charge on any atom is -0.468 e. The summed E-state index contributed by atoms with van der Waals surface area (Å²) in [5, 5.41) is 9.77. The molecule has 0 amide bonds. The number of aldehydes is 2. The fourth-order valence-electron chi connectivity index (χ4n) is 3.12. The van der Waals surface area contributed by atoms with Gasteiger partial charge >= 0.3 is 5.97 Å². The van der Waals surface area contributed by atoms with Gasteiger partial charge in [0.15, 0.2) is 0 Å². The lowest BCUT2D eigenvalue weighted by molar-refractivity contribution is -0.142. The average Bonchev–Trinajstić information content (AvgIpc) is 2.63. The van der Waals surface area contributed by atoms with E-state index in [0.29, 0.717) is 65.4 Å². The third-order valence-corrected chi connectivity index (χ3v) is 4.70. The maximum Gasteiger partial charge on any atom is 0.319 e. The van der Waals surface area contributed by atoms with Crippen LogP contribution in [0.15, 0.2) is 0 Å². The molecule has 9 heteroatoms. The van der Waals surface area contributed by atoms with E-state index in [1.807, 2.05) is 9.80 Å². The van der Waals surface area contributed by atoms with Crippen LogP contribution in [0.25, 0.3) is 0 Å². The summed E-state index contributed by atoms with van der Waals surface area (Å²) >= 11 is 0. The van der Waals surface area contributed by atoms with Crippen molar-refractivity contribution in [3.05, 3.63) is 0 Å². The van der Waals surface area contributed by atoms with Gasteiger partial charge in [-0.2, -0.15) is 0 Å². The molecule has 1 rings (SSSR count). The van der Waals surface area contributed by atoms with Gasteiger partial charge in [0.25, 0.3) is 0 Å². The van der Waals surface area contributed by atoms with E-state index in [0.717, 1.165) is 19.1 Å². The van der Waals surface area contributed by atoms with Crippen LogP contribution >= 0.6 is 0 Å². The zero-order valence-electron chi connectivity index (χ0n) is 16.6. The zero-order chi connectivity index (χ0) is 20.1. The SMILES string of the molecule is COC(=O)CN1CCN(CC=O)CCN(CC=O)CCN(CC(C)O)CC1. The van der Waals surface area contributed by atoms with Crippen LogP contribution in [0.4, 0.5) is 0 Å². The van der Waals surface area contributed by atoms with Crippen LogP contribution in [0.3, 0.4) is 0 Å². The Morgan fingerprint density at radius 1 is 0.889 bits per heavy atom. The van der Waals surface area contributed by atoms with Crippen molar-refractivity contribution in [2.75, 3.05) is 85.6 Å². The first-order valence-electron chi connectivity index (χ1n) is 9.50. The summed E-state index contributed by atoms with van der Waals surface area (Å²) in [6.45, 7) is 8.61. The van der Waals surface area contributed by atoms with E-state index in [1.165, 1.54) is 7.11 Å². The van der Waals surface area contributed by atoms with E-state index in [-0.39, 0.29) is 12.5 Å². The zero-order valence-corrected chi connectivity index (χ0v) is 16.6. The van der Waals surface area contributed by atoms with Crippen molar-refractivity contribution in [2.24, 2.45) is 0 Å². The molecule has 1 saturated heterocycles. The predicted octanol–water partition coefficient (Wildman–Crippen LogP) is -1.84. The quantitative estimate of drug-likeness (QED) is 0.381. The molecule has 1 heterocycles. The number of methoxy groups -OCH3 is 1. The summed E-state index contributed by atoms with van der Waals surface area (Å²) in [6.07, 6.45) is 1.33. The lowest BCUT2D eigenvalue weighted by atomic mass is 10.3. The number of hydrogen-bond acceptors (Lipinski definition) is 9. The number of aliphatic hydroxyl groups is 1. The first-order chi connectivity index (χ1) is 13.0. The molecule has 1 unspecified atom stereocenters. The maximum atomic E-state index is 11.7. The number of hydrogen-bond donors (Lipinski definition) is 1. The minimum absolute atomic E-state index is 0.200. The third-order valence-electron chi connectivity index (χ3n) is 4.70. The standard InChI is InChI=1S/C18H34N4O5/c1-17(25)15-21-7-5-19(11-13-23)3-4-20(12-14-24)6-8-22(10-9-21)16-18(26)27-2/h13-14,17,25H,3-12,15-16H2,1-2H3. The number of nitrogens with zero attached hydrogens (tertiary/aromatic N) is 4. The van der Waals surface area contributed by atoms with E-state index in [2.05, 4.69) is 9.80 Å². The predicted molar refractivity (Wildman–Crippen MR) is 102 cm³/mol. The Labute approximate surface area is 161 Å². The highest BCUT2D eigenvalue weighted by molar-refractivity contribution is 5.71. The van der Waals surface area contributed by atoms with Crippen molar-refractivity contribution >= 4 is 18.5 Å². The molecule has 156 valence electrons. The van der Waals surface area contributed by atoms with E-state index in [4.69, 9.17) is 4.74 Å². The van der Waals surface area contributed by atoms with E-state index in [1.54, 1.807) is 6.92 Å². The van der Waals surface area contributed by atoms with Crippen LogP contribution in [0.1, 0.15) is 6.92 Å². The molecule has 1 aliphatic rings. The molecule has 0 radical (unpaired) electrons. The number of carbonyl (C=O) groups excluding carboxylic acids is 3. The van der Waals surface area contributed by atoms with Crippen molar-refractivity contribution in [1.29, 1.82) is 0 Å². The monoisotopic (exact) mass is 386 g/mol. The van der Waals surface area contributed by atoms with Gasteiger partial charge in [0.05, 0.1) is 32.8 Å². The Morgan fingerprint density at radius 2 is 1.30 bits per heavy atom. The average molecular weight is 386 g/mol. The second-order valence-electron chi connectivity index (χ2n) is 6.94. The van der Waals surface area contributed by atoms with Gasteiger partial charge < -0.3 is 19.4 Å². The van der Waals surface area contributed by atoms with Crippen LogP contribution in [-0.2, 0) is 19.1 Å². The van der Waals surface area contributed by atoms with Gasteiger partial charge in [-0.05, 0) is 6.92 Å². The Morgan fingerprint density at radius 3 is 1.67 bits per heavy atom. The van der Waals surface area contributed by atoms with Crippen molar-refractivity contribution in [1.82, 2.24) is 19.6 Å². The Hall–Kier alpha value is -1.39.